The van der Waals surface area contributed by atoms with Crippen molar-refractivity contribution in [3.8, 4) is 0 Å². The van der Waals surface area contributed by atoms with Gasteiger partial charge in [-0.25, -0.2) is 0 Å². The second-order valence-electron chi connectivity index (χ2n) is 6.68. The average molecular weight is 346 g/mol. The lowest BCUT2D eigenvalue weighted by atomic mass is 10.1. The monoisotopic (exact) mass is 346 g/mol. The highest BCUT2D eigenvalue weighted by molar-refractivity contribution is 5.85. The van der Waals surface area contributed by atoms with Crippen molar-refractivity contribution >= 4 is 11.8 Å². The van der Waals surface area contributed by atoms with E-state index in [1.165, 1.54) is 0 Å². The first-order valence-corrected chi connectivity index (χ1v) is 9.14. The van der Waals surface area contributed by atoms with Crippen LogP contribution in [0, 0.1) is 0 Å². The van der Waals surface area contributed by atoms with Crippen LogP contribution in [-0.4, -0.2) is 70.5 Å². The molecule has 2 saturated heterocycles. The van der Waals surface area contributed by atoms with E-state index in [1.54, 1.807) is 23.5 Å². The second-order valence-corrected chi connectivity index (χ2v) is 6.68. The molecule has 7 heteroatoms. The normalized spacial score (nSPS) is 21.9. The molecule has 7 nitrogen and oxygen atoms in total. The summed E-state index contributed by atoms with van der Waals surface area (Å²) in [5.41, 5.74) is 0.920. The van der Waals surface area contributed by atoms with Crippen LogP contribution in [-0.2, 0) is 20.7 Å². The van der Waals surface area contributed by atoms with Crippen molar-refractivity contribution in [1.29, 1.82) is 0 Å². The maximum absolute atomic E-state index is 12.8. The third-order valence-electron chi connectivity index (χ3n) is 4.90. The SMILES string of the molecule is O=C1CCCCCN1CC(=O)N1CCOC[C@H]1CCc1cnccn1. The summed E-state index contributed by atoms with van der Waals surface area (Å²) in [6.07, 6.45) is 10.2. The molecular weight excluding hydrogens is 320 g/mol. The molecule has 25 heavy (non-hydrogen) atoms. The number of aryl methyl sites for hydroxylation is 1. The molecule has 2 aliphatic rings. The molecule has 0 unspecified atom stereocenters. The number of aromatic nitrogens is 2. The van der Waals surface area contributed by atoms with Crippen LogP contribution in [0.4, 0.5) is 0 Å². The van der Waals surface area contributed by atoms with Crippen molar-refractivity contribution in [1.82, 2.24) is 19.8 Å². The third kappa shape index (κ3) is 4.98. The Hall–Kier alpha value is -2.02. The second kappa shape index (κ2) is 8.89. The Morgan fingerprint density at radius 2 is 2.16 bits per heavy atom. The number of morpholine rings is 1. The van der Waals surface area contributed by atoms with E-state index in [-0.39, 0.29) is 24.4 Å². The van der Waals surface area contributed by atoms with Gasteiger partial charge in [0.1, 0.15) is 0 Å². The van der Waals surface area contributed by atoms with Gasteiger partial charge < -0.3 is 14.5 Å². The molecule has 2 aliphatic heterocycles. The van der Waals surface area contributed by atoms with Gasteiger partial charge in [-0.15, -0.1) is 0 Å². The standard InChI is InChI=1S/C18H26N4O3/c23-17-4-2-1-3-9-21(17)13-18(24)22-10-11-25-14-16(22)6-5-15-12-19-7-8-20-15/h7-8,12,16H,1-6,9-11,13-14H2/t16-/m1/s1. The number of rotatable bonds is 5. The molecule has 2 amide bonds. The predicted molar refractivity (Wildman–Crippen MR) is 91.7 cm³/mol. The number of likely N-dealkylation sites (tertiary alicyclic amines) is 1. The van der Waals surface area contributed by atoms with Crippen molar-refractivity contribution in [2.24, 2.45) is 0 Å². The zero-order valence-corrected chi connectivity index (χ0v) is 14.6. The smallest absolute Gasteiger partial charge is 0.242 e. The maximum atomic E-state index is 12.8. The predicted octanol–water partition coefficient (Wildman–Crippen LogP) is 1.04. The van der Waals surface area contributed by atoms with Crippen molar-refractivity contribution in [3.05, 3.63) is 24.3 Å². The zero-order valence-electron chi connectivity index (χ0n) is 14.6. The Morgan fingerprint density at radius 1 is 1.24 bits per heavy atom. The van der Waals surface area contributed by atoms with E-state index < -0.39 is 0 Å². The number of hydrogen-bond acceptors (Lipinski definition) is 5. The van der Waals surface area contributed by atoms with Gasteiger partial charge in [-0.2, -0.15) is 0 Å². The van der Waals surface area contributed by atoms with Crippen LogP contribution >= 0.6 is 0 Å². The first kappa shape index (κ1) is 17.8. The molecule has 1 aromatic heterocycles. The number of amides is 2. The van der Waals surface area contributed by atoms with Gasteiger partial charge in [0.2, 0.25) is 11.8 Å². The molecule has 0 aliphatic carbocycles. The van der Waals surface area contributed by atoms with Gasteiger partial charge in [0.05, 0.1) is 31.5 Å². The highest BCUT2D eigenvalue weighted by Gasteiger charge is 2.29. The molecule has 0 radical (unpaired) electrons. The lowest BCUT2D eigenvalue weighted by molar-refractivity contribution is -0.146. The fourth-order valence-electron chi connectivity index (χ4n) is 3.46. The maximum Gasteiger partial charge on any atom is 0.242 e. The van der Waals surface area contributed by atoms with Gasteiger partial charge in [0.25, 0.3) is 0 Å². The number of ether oxygens (including phenoxy) is 1. The Kier molecular flexibility index (Phi) is 6.33. The Morgan fingerprint density at radius 3 is 3.00 bits per heavy atom. The highest BCUT2D eigenvalue weighted by Crippen LogP contribution is 2.16. The van der Waals surface area contributed by atoms with E-state index in [9.17, 15) is 9.59 Å². The first-order valence-electron chi connectivity index (χ1n) is 9.14. The van der Waals surface area contributed by atoms with Crippen LogP contribution in [0.15, 0.2) is 18.6 Å². The fourth-order valence-corrected chi connectivity index (χ4v) is 3.46. The average Bonchev–Trinajstić information content (AvgIpc) is 2.85. The van der Waals surface area contributed by atoms with E-state index in [4.69, 9.17) is 4.74 Å². The van der Waals surface area contributed by atoms with Crippen LogP contribution in [0.2, 0.25) is 0 Å². The molecule has 0 saturated carbocycles. The van der Waals surface area contributed by atoms with Gasteiger partial charge >= 0.3 is 0 Å². The molecule has 3 rings (SSSR count). The van der Waals surface area contributed by atoms with E-state index in [0.29, 0.717) is 32.7 Å². The molecule has 1 atom stereocenters. The summed E-state index contributed by atoms with van der Waals surface area (Å²) < 4.78 is 5.57. The Bertz CT molecular complexity index is 581. The molecule has 2 fully saturated rings. The summed E-state index contributed by atoms with van der Waals surface area (Å²) in [5.74, 6) is 0.137. The molecular formula is C18H26N4O3. The van der Waals surface area contributed by atoms with E-state index in [1.807, 2.05) is 4.90 Å². The molecule has 1 aromatic rings. The van der Waals surface area contributed by atoms with Crippen molar-refractivity contribution in [2.75, 3.05) is 32.8 Å². The minimum Gasteiger partial charge on any atom is -0.377 e. The van der Waals surface area contributed by atoms with Gasteiger partial charge in [0.15, 0.2) is 0 Å². The lowest BCUT2D eigenvalue weighted by Crippen LogP contribution is -2.52. The van der Waals surface area contributed by atoms with Crippen LogP contribution < -0.4 is 0 Å². The van der Waals surface area contributed by atoms with Crippen molar-refractivity contribution < 1.29 is 14.3 Å². The van der Waals surface area contributed by atoms with E-state index >= 15 is 0 Å². The lowest BCUT2D eigenvalue weighted by Gasteiger charge is -2.37. The summed E-state index contributed by atoms with van der Waals surface area (Å²) in [7, 11) is 0. The largest absolute Gasteiger partial charge is 0.377 e. The van der Waals surface area contributed by atoms with Crippen molar-refractivity contribution in [2.45, 2.75) is 44.6 Å². The summed E-state index contributed by atoms with van der Waals surface area (Å²) in [4.78, 5) is 36.9. The third-order valence-corrected chi connectivity index (χ3v) is 4.90. The van der Waals surface area contributed by atoms with E-state index in [2.05, 4.69) is 9.97 Å². The number of carbonyl (C=O) groups is 2. The van der Waals surface area contributed by atoms with Gasteiger partial charge in [-0.1, -0.05) is 6.42 Å². The quantitative estimate of drug-likeness (QED) is 0.796. The minimum absolute atomic E-state index is 0.0303. The number of hydrogen-bond donors (Lipinski definition) is 0. The molecule has 0 aromatic carbocycles. The summed E-state index contributed by atoms with van der Waals surface area (Å²) >= 11 is 0. The summed E-state index contributed by atoms with van der Waals surface area (Å²) in [6, 6.07) is 0.0327. The van der Waals surface area contributed by atoms with Crippen LogP contribution in [0.5, 0.6) is 0 Å². The molecule has 136 valence electrons. The fraction of sp³-hybridized carbons (Fsp3) is 0.667. The highest BCUT2D eigenvalue weighted by atomic mass is 16.5. The van der Waals surface area contributed by atoms with Gasteiger partial charge in [-0.05, 0) is 25.7 Å². The molecule has 3 heterocycles. The van der Waals surface area contributed by atoms with Crippen LogP contribution in [0.25, 0.3) is 0 Å². The van der Waals surface area contributed by atoms with Crippen LogP contribution in [0.3, 0.4) is 0 Å². The minimum atomic E-state index is 0.0303. The zero-order chi connectivity index (χ0) is 17.5. The summed E-state index contributed by atoms with van der Waals surface area (Å²) in [5, 5.41) is 0. The Labute approximate surface area is 148 Å². The summed E-state index contributed by atoms with van der Waals surface area (Å²) in [6.45, 7) is 2.58. The molecule has 0 spiro atoms. The van der Waals surface area contributed by atoms with Gasteiger partial charge in [-0.3, -0.25) is 19.6 Å². The van der Waals surface area contributed by atoms with Crippen molar-refractivity contribution in [3.63, 3.8) is 0 Å². The number of nitrogens with zero attached hydrogens (tertiary/aromatic N) is 4. The first-order chi connectivity index (χ1) is 12.2. The molecule has 0 N–H and O–H groups in total. The Balaban J connectivity index is 1.57. The van der Waals surface area contributed by atoms with Gasteiger partial charge in [0, 0.05) is 38.1 Å². The topological polar surface area (TPSA) is 75.6 Å². The number of carbonyl (C=O) groups excluding carboxylic acids is 2. The molecule has 0 bridgehead atoms. The van der Waals surface area contributed by atoms with Crippen LogP contribution in [0.1, 0.15) is 37.8 Å². The van der Waals surface area contributed by atoms with E-state index in [0.717, 1.165) is 37.8 Å².